The minimum absolute atomic E-state index is 0.0912. The molecule has 0 aromatic heterocycles. The zero-order valence-corrected chi connectivity index (χ0v) is 14.9. The van der Waals surface area contributed by atoms with Crippen LogP contribution < -0.4 is 4.74 Å². The van der Waals surface area contributed by atoms with Crippen molar-refractivity contribution in [2.75, 3.05) is 25.7 Å². The minimum atomic E-state index is -2.86. The Morgan fingerprint density at radius 3 is 2.50 bits per heavy atom. The van der Waals surface area contributed by atoms with E-state index in [1.807, 2.05) is 31.3 Å². The Bertz CT molecular complexity index is 803. The van der Waals surface area contributed by atoms with Crippen LogP contribution in [-0.2, 0) is 16.4 Å². The van der Waals surface area contributed by atoms with E-state index >= 15 is 0 Å². The van der Waals surface area contributed by atoms with E-state index in [1.165, 1.54) is 0 Å². The van der Waals surface area contributed by atoms with Crippen molar-refractivity contribution < 1.29 is 13.2 Å². The highest BCUT2D eigenvalue weighted by Crippen LogP contribution is 2.29. The van der Waals surface area contributed by atoms with Crippen molar-refractivity contribution in [3.05, 3.63) is 54.1 Å². The standard InChI is InChI=1S/C19H23NO3S/c1-20(18-10-11-24(21,22)14-18)13-17-9-8-16(12-19(17)23-2)15-6-4-3-5-7-15/h3-9,12,18H,10-11,13-14H2,1-2H3. The van der Waals surface area contributed by atoms with Crippen molar-refractivity contribution in [2.45, 2.75) is 19.0 Å². The number of benzene rings is 2. The van der Waals surface area contributed by atoms with E-state index in [-0.39, 0.29) is 11.8 Å². The van der Waals surface area contributed by atoms with Crippen LogP contribution in [-0.4, -0.2) is 45.0 Å². The lowest BCUT2D eigenvalue weighted by molar-refractivity contribution is 0.250. The van der Waals surface area contributed by atoms with Gasteiger partial charge in [0.15, 0.2) is 9.84 Å². The third kappa shape index (κ3) is 3.79. The van der Waals surface area contributed by atoms with Gasteiger partial charge in [0.1, 0.15) is 5.75 Å². The molecule has 2 aromatic rings. The van der Waals surface area contributed by atoms with E-state index in [0.717, 1.165) is 22.4 Å². The summed E-state index contributed by atoms with van der Waals surface area (Å²) in [4.78, 5) is 2.12. The molecular formula is C19H23NO3S. The van der Waals surface area contributed by atoms with Gasteiger partial charge < -0.3 is 4.74 Å². The Balaban J connectivity index is 1.79. The van der Waals surface area contributed by atoms with Crippen LogP contribution in [0.4, 0.5) is 0 Å². The number of methoxy groups -OCH3 is 1. The molecule has 0 spiro atoms. The van der Waals surface area contributed by atoms with Gasteiger partial charge >= 0.3 is 0 Å². The van der Waals surface area contributed by atoms with E-state index < -0.39 is 9.84 Å². The van der Waals surface area contributed by atoms with Gasteiger partial charge in [-0.2, -0.15) is 0 Å². The fourth-order valence-corrected chi connectivity index (χ4v) is 5.01. The maximum atomic E-state index is 11.7. The lowest BCUT2D eigenvalue weighted by Gasteiger charge is -2.24. The Labute approximate surface area is 144 Å². The summed E-state index contributed by atoms with van der Waals surface area (Å²) in [6, 6.07) is 16.5. The second-order valence-corrected chi connectivity index (χ2v) is 8.59. The molecule has 24 heavy (non-hydrogen) atoms. The minimum Gasteiger partial charge on any atom is -0.496 e. The predicted octanol–water partition coefficient (Wildman–Crippen LogP) is 2.98. The van der Waals surface area contributed by atoms with Crippen LogP contribution in [0, 0.1) is 0 Å². The summed E-state index contributed by atoms with van der Waals surface area (Å²) in [5, 5.41) is 0. The molecule has 5 heteroatoms. The molecule has 0 saturated carbocycles. The summed E-state index contributed by atoms with van der Waals surface area (Å²) < 4.78 is 28.9. The summed E-state index contributed by atoms with van der Waals surface area (Å²) in [6.45, 7) is 0.679. The lowest BCUT2D eigenvalue weighted by Crippen LogP contribution is -2.32. The molecule has 1 fully saturated rings. The first-order valence-electron chi connectivity index (χ1n) is 8.11. The smallest absolute Gasteiger partial charge is 0.151 e. The highest BCUT2D eigenvalue weighted by atomic mass is 32.2. The van der Waals surface area contributed by atoms with Crippen LogP contribution in [0.3, 0.4) is 0 Å². The van der Waals surface area contributed by atoms with Gasteiger partial charge in [0.25, 0.3) is 0 Å². The van der Waals surface area contributed by atoms with Gasteiger partial charge in [0, 0.05) is 18.2 Å². The second-order valence-electron chi connectivity index (χ2n) is 6.36. The van der Waals surface area contributed by atoms with E-state index in [4.69, 9.17) is 4.74 Å². The number of hydrogen-bond donors (Lipinski definition) is 0. The largest absolute Gasteiger partial charge is 0.496 e. The fourth-order valence-electron chi connectivity index (χ4n) is 3.21. The van der Waals surface area contributed by atoms with Crippen LogP contribution in [0.25, 0.3) is 11.1 Å². The molecule has 1 heterocycles. The molecule has 0 amide bonds. The molecule has 0 N–H and O–H groups in total. The lowest BCUT2D eigenvalue weighted by atomic mass is 10.0. The maximum absolute atomic E-state index is 11.7. The maximum Gasteiger partial charge on any atom is 0.151 e. The molecule has 2 aromatic carbocycles. The molecule has 1 saturated heterocycles. The molecule has 1 atom stereocenters. The monoisotopic (exact) mass is 345 g/mol. The number of rotatable bonds is 5. The van der Waals surface area contributed by atoms with E-state index in [2.05, 4.69) is 29.2 Å². The van der Waals surface area contributed by atoms with Crippen molar-refractivity contribution >= 4 is 9.84 Å². The average Bonchev–Trinajstić information content (AvgIpc) is 2.96. The van der Waals surface area contributed by atoms with Crippen LogP contribution in [0.1, 0.15) is 12.0 Å². The number of sulfone groups is 1. The molecule has 128 valence electrons. The van der Waals surface area contributed by atoms with Crippen molar-refractivity contribution in [1.82, 2.24) is 4.90 Å². The molecule has 0 radical (unpaired) electrons. The zero-order chi connectivity index (χ0) is 17.2. The highest BCUT2D eigenvalue weighted by molar-refractivity contribution is 7.91. The highest BCUT2D eigenvalue weighted by Gasteiger charge is 2.30. The summed E-state index contributed by atoms with van der Waals surface area (Å²) in [7, 11) is 0.792. The molecule has 0 aliphatic carbocycles. The third-order valence-electron chi connectivity index (χ3n) is 4.65. The van der Waals surface area contributed by atoms with E-state index in [1.54, 1.807) is 7.11 Å². The molecule has 1 unspecified atom stereocenters. The summed E-state index contributed by atoms with van der Waals surface area (Å²) >= 11 is 0. The Hall–Kier alpha value is -1.85. The van der Waals surface area contributed by atoms with Gasteiger partial charge in [0.05, 0.1) is 18.6 Å². The van der Waals surface area contributed by atoms with Crippen molar-refractivity contribution in [1.29, 1.82) is 0 Å². The van der Waals surface area contributed by atoms with Gasteiger partial charge in [-0.05, 0) is 30.7 Å². The summed E-state index contributed by atoms with van der Waals surface area (Å²) in [6.07, 6.45) is 0.712. The van der Waals surface area contributed by atoms with Crippen molar-refractivity contribution in [3.63, 3.8) is 0 Å². The van der Waals surface area contributed by atoms with Crippen molar-refractivity contribution in [2.24, 2.45) is 0 Å². The van der Waals surface area contributed by atoms with Gasteiger partial charge in [-0.1, -0.05) is 42.5 Å². The van der Waals surface area contributed by atoms with Gasteiger partial charge in [0.2, 0.25) is 0 Å². The molecule has 3 rings (SSSR count). The first-order chi connectivity index (χ1) is 11.5. The van der Waals surface area contributed by atoms with Crippen LogP contribution in [0.5, 0.6) is 5.75 Å². The van der Waals surface area contributed by atoms with Crippen LogP contribution >= 0.6 is 0 Å². The average molecular weight is 345 g/mol. The van der Waals surface area contributed by atoms with Crippen LogP contribution in [0.15, 0.2) is 48.5 Å². The van der Waals surface area contributed by atoms with Crippen molar-refractivity contribution in [3.8, 4) is 16.9 Å². The number of hydrogen-bond acceptors (Lipinski definition) is 4. The summed E-state index contributed by atoms with van der Waals surface area (Å²) in [5.74, 6) is 1.39. The Kier molecular flexibility index (Phi) is 4.92. The Morgan fingerprint density at radius 1 is 1.12 bits per heavy atom. The Morgan fingerprint density at radius 2 is 1.88 bits per heavy atom. The van der Waals surface area contributed by atoms with Gasteiger partial charge in [-0.25, -0.2) is 8.42 Å². The van der Waals surface area contributed by atoms with Gasteiger partial charge in [-0.3, -0.25) is 4.90 Å². The first-order valence-corrected chi connectivity index (χ1v) is 9.93. The molecule has 1 aliphatic heterocycles. The first kappa shape index (κ1) is 17.0. The molecule has 1 aliphatic rings. The zero-order valence-electron chi connectivity index (χ0n) is 14.1. The molecular weight excluding hydrogens is 322 g/mol. The normalized spacial score (nSPS) is 19.5. The number of ether oxygens (including phenoxy) is 1. The second kappa shape index (κ2) is 6.95. The SMILES string of the molecule is COc1cc(-c2ccccc2)ccc1CN(C)C1CCS(=O)(=O)C1. The number of nitrogens with zero attached hydrogens (tertiary/aromatic N) is 1. The summed E-state index contributed by atoms with van der Waals surface area (Å²) in [5.41, 5.74) is 3.34. The fraction of sp³-hybridized carbons (Fsp3) is 0.368. The van der Waals surface area contributed by atoms with E-state index in [9.17, 15) is 8.42 Å². The van der Waals surface area contributed by atoms with Crippen LogP contribution in [0.2, 0.25) is 0 Å². The quantitative estimate of drug-likeness (QED) is 0.836. The molecule has 4 nitrogen and oxygen atoms in total. The van der Waals surface area contributed by atoms with Gasteiger partial charge in [-0.15, -0.1) is 0 Å². The predicted molar refractivity (Wildman–Crippen MR) is 97.0 cm³/mol. The van der Waals surface area contributed by atoms with E-state index in [0.29, 0.717) is 18.7 Å². The third-order valence-corrected chi connectivity index (χ3v) is 6.40. The molecule has 0 bridgehead atoms. The topological polar surface area (TPSA) is 46.6 Å².